The number of thioether (sulfide) groups is 1. The first-order chi connectivity index (χ1) is 13.7. The van der Waals surface area contributed by atoms with Crippen LogP contribution in [-0.4, -0.2) is 25.8 Å². The van der Waals surface area contributed by atoms with Gasteiger partial charge in [-0.2, -0.15) is 5.10 Å². The lowest BCUT2D eigenvalue weighted by Gasteiger charge is -2.06. The first kappa shape index (κ1) is 22.4. The standard InChI is InChI=1S/C21H15FN4S2.2ClH/c1-27-20-9-7-18(28-20)17-11-23-19-8-4-14(12-26(17)19)16-10-24-25-21(16)13-2-5-15(22)6-3-13;;/h2-12H,1H3,(H,24,25);2*1H. The van der Waals surface area contributed by atoms with Gasteiger partial charge < -0.3 is 0 Å². The molecule has 0 radical (unpaired) electrons. The Kier molecular flexibility index (Phi) is 6.88. The molecular weight excluding hydrogens is 462 g/mol. The first-order valence-electron chi connectivity index (χ1n) is 8.64. The number of thiophene rings is 1. The molecule has 5 rings (SSSR count). The van der Waals surface area contributed by atoms with Gasteiger partial charge in [-0.15, -0.1) is 47.9 Å². The summed E-state index contributed by atoms with van der Waals surface area (Å²) in [6, 6.07) is 14.7. The van der Waals surface area contributed by atoms with Crippen molar-refractivity contribution in [3.05, 3.63) is 72.9 Å². The van der Waals surface area contributed by atoms with Gasteiger partial charge in [0, 0.05) is 22.9 Å². The summed E-state index contributed by atoms with van der Waals surface area (Å²) in [5.74, 6) is -0.255. The van der Waals surface area contributed by atoms with Gasteiger partial charge in [-0.3, -0.25) is 9.50 Å². The van der Waals surface area contributed by atoms with Gasteiger partial charge in [0.1, 0.15) is 11.5 Å². The van der Waals surface area contributed by atoms with Gasteiger partial charge in [-0.1, -0.05) is 0 Å². The Morgan fingerprint density at radius 2 is 1.73 bits per heavy atom. The number of fused-ring (bicyclic) bond motifs is 1. The summed E-state index contributed by atoms with van der Waals surface area (Å²) < 4.78 is 16.7. The Balaban J connectivity index is 0.00000128. The molecule has 0 saturated heterocycles. The molecule has 0 aliphatic rings. The maximum atomic E-state index is 13.3. The van der Waals surface area contributed by atoms with Gasteiger partial charge in [0.15, 0.2) is 0 Å². The largest absolute Gasteiger partial charge is 0.298 e. The minimum atomic E-state index is -0.255. The number of halogens is 3. The molecule has 154 valence electrons. The van der Waals surface area contributed by atoms with Crippen LogP contribution < -0.4 is 0 Å². The van der Waals surface area contributed by atoms with Crippen molar-refractivity contribution in [3.8, 4) is 33.0 Å². The van der Waals surface area contributed by atoms with Crippen molar-refractivity contribution in [2.24, 2.45) is 0 Å². The molecule has 0 aliphatic heterocycles. The van der Waals surface area contributed by atoms with E-state index in [1.54, 1.807) is 41.4 Å². The van der Waals surface area contributed by atoms with E-state index >= 15 is 0 Å². The smallest absolute Gasteiger partial charge is 0.137 e. The van der Waals surface area contributed by atoms with E-state index in [9.17, 15) is 4.39 Å². The summed E-state index contributed by atoms with van der Waals surface area (Å²) in [7, 11) is 0. The van der Waals surface area contributed by atoms with Gasteiger partial charge in [0.05, 0.1) is 32.9 Å². The molecule has 30 heavy (non-hydrogen) atoms. The van der Waals surface area contributed by atoms with E-state index in [1.807, 2.05) is 18.3 Å². The number of hydrogen-bond acceptors (Lipinski definition) is 4. The second-order valence-electron chi connectivity index (χ2n) is 6.28. The summed E-state index contributed by atoms with van der Waals surface area (Å²) >= 11 is 3.50. The molecule has 5 aromatic rings. The molecule has 4 aromatic heterocycles. The zero-order valence-corrected chi connectivity index (χ0v) is 19.0. The highest BCUT2D eigenvalue weighted by atomic mass is 35.5. The van der Waals surface area contributed by atoms with E-state index in [1.165, 1.54) is 21.2 Å². The van der Waals surface area contributed by atoms with Gasteiger partial charge in [0.25, 0.3) is 0 Å². The van der Waals surface area contributed by atoms with Crippen LogP contribution in [0, 0.1) is 5.82 Å². The molecule has 4 heterocycles. The summed E-state index contributed by atoms with van der Waals surface area (Å²) in [5, 5.41) is 7.26. The summed E-state index contributed by atoms with van der Waals surface area (Å²) in [6.45, 7) is 0. The normalized spacial score (nSPS) is 10.6. The summed E-state index contributed by atoms with van der Waals surface area (Å²) in [4.78, 5) is 5.72. The Labute approximate surface area is 193 Å². The third-order valence-corrected chi connectivity index (χ3v) is 6.81. The van der Waals surface area contributed by atoms with Crippen LogP contribution in [0.3, 0.4) is 0 Å². The van der Waals surface area contributed by atoms with Crippen LogP contribution in [0.5, 0.6) is 0 Å². The fourth-order valence-corrected chi connectivity index (χ4v) is 4.78. The zero-order chi connectivity index (χ0) is 19.1. The van der Waals surface area contributed by atoms with Gasteiger partial charge in [-0.05, 0) is 54.8 Å². The van der Waals surface area contributed by atoms with Gasteiger partial charge >= 0.3 is 0 Å². The summed E-state index contributed by atoms with van der Waals surface area (Å²) in [6.07, 6.45) is 7.87. The molecule has 1 aromatic carbocycles. The van der Waals surface area contributed by atoms with E-state index in [-0.39, 0.29) is 30.6 Å². The minimum Gasteiger partial charge on any atom is -0.298 e. The molecule has 0 aliphatic carbocycles. The average Bonchev–Trinajstić information content (AvgIpc) is 3.46. The van der Waals surface area contributed by atoms with E-state index < -0.39 is 0 Å². The number of aromatic nitrogens is 4. The maximum Gasteiger partial charge on any atom is 0.137 e. The van der Waals surface area contributed by atoms with Crippen LogP contribution in [0.15, 0.2) is 71.3 Å². The highest BCUT2D eigenvalue weighted by molar-refractivity contribution is 8.00. The SMILES string of the molecule is CSc1ccc(-c2cnc3ccc(-c4cn[nH]c4-c4ccc(F)cc4)cn23)s1.Cl.Cl. The van der Waals surface area contributed by atoms with Gasteiger partial charge in [-0.25, -0.2) is 9.37 Å². The maximum absolute atomic E-state index is 13.3. The number of pyridine rings is 1. The topological polar surface area (TPSA) is 46.0 Å². The second kappa shape index (κ2) is 9.22. The van der Waals surface area contributed by atoms with Crippen LogP contribution >= 0.6 is 47.9 Å². The number of hydrogen-bond donors (Lipinski definition) is 1. The Morgan fingerprint density at radius 3 is 2.47 bits per heavy atom. The van der Waals surface area contributed by atoms with Crippen molar-refractivity contribution in [2.75, 3.05) is 6.26 Å². The highest BCUT2D eigenvalue weighted by Crippen LogP contribution is 2.35. The van der Waals surface area contributed by atoms with Crippen LogP contribution in [0.4, 0.5) is 4.39 Å². The second-order valence-corrected chi connectivity index (χ2v) is 8.47. The van der Waals surface area contributed by atoms with Crippen LogP contribution in [0.25, 0.3) is 38.6 Å². The Hall–Kier alpha value is -2.32. The summed E-state index contributed by atoms with van der Waals surface area (Å²) in [5.41, 5.74) is 5.69. The zero-order valence-electron chi connectivity index (χ0n) is 15.7. The minimum absolute atomic E-state index is 0. The van der Waals surface area contributed by atoms with Gasteiger partial charge in [0.2, 0.25) is 0 Å². The molecule has 0 fully saturated rings. The predicted molar refractivity (Wildman–Crippen MR) is 128 cm³/mol. The fraction of sp³-hybridized carbons (Fsp3) is 0.0476. The molecular formula is C21H17Cl2FN4S2. The Morgan fingerprint density at radius 1 is 0.967 bits per heavy atom. The van der Waals surface area contributed by atoms with Crippen LogP contribution in [0.1, 0.15) is 0 Å². The quantitative estimate of drug-likeness (QED) is 0.288. The molecule has 9 heteroatoms. The molecule has 0 spiro atoms. The van der Waals surface area contributed by atoms with Crippen LogP contribution in [0.2, 0.25) is 0 Å². The number of rotatable bonds is 4. The number of nitrogens with one attached hydrogen (secondary N) is 1. The number of H-pyrrole nitrogens is 1. The van der Waals surface area contributed by atoms with Crippen molar-refractivity contribution < 1.29 is 4.39 Å². The fourth-order valence-electron chi connectivity index (χ4n) is 3.23. The lowest BCUT2D eigenvalue weighted by atomic mass is 10.0. The molecule has 0 atom stereocenters. The van der Waals surface area contributed by atoms with Crippen LogP contribution in [-0.2, 0) is 0 Å². The molecule has 0 bridgehead atoms. The van der Waals surface area contributed by atoms with Crippen molar-refractivity contribution >= 4 is 53.6 Å². The lowest BCUT2D eigenvalue weighted by Crippen LogP contribution is -1.90. The van der Waals surface area contributed by atoms with Crippen molar-refractivity contribution in [3.63, 3.8) is 0 Å². The van der Waals surface area contributed by atoms with Crippen molar-refractivity contribution in [1.29, 1.82) is 0 Å². The highest BCUT2D eigenvalue weighted by Gasteiger charge is 2.13. The monoisotopic (exact) mass is 478 g/mol. The predicted octanol–water partition coefficient (Wildman–Crippen LogP) is 6.82. The van der Waals surface area contributed by atoms with E-state index in [4.69, 9.17) is 0 Å². The molecule has 0 amide bonds. The number of nitrogens with zero attached hydrogens (tertiary/aromatic N) is 3. The van der Waals surface area contributed by atoms with Crippen molar-refractivity contribution in [2.45, 2.75) is 4.21 Å². The number of imidazole rings is 1. The first-order valence-corrected chi connectivity index (χ1v) is 10.7. The molecule has 4 nitrogen and oxygen atoms in total. The van der Waals surface area contributed by atoms with Crippen molar-refractivity contribution in [1.82, 2.24) is 19.6 Å². The Bertz CT molecular complexity index is 1280. The van der Waals surface area contributed by atoms with E-state index in [0.29, 0.717) is 0 Å². The third kappa shape index (κ3) is 3.98. The molecule has 1 N–H and O–H groups in total. The average molecular weight is 479 g/mol. The lowest BCUT2D eigenvalue weighted by molar-refractivity contribution is 0.628. The van der Waals surface area contributed by atoms with E-state index in [0.717, 1.165) is 33.7 Å². The number of benzene rings is 1. The molecule has 0 unspecified atom stereocenters. The third-order valence-electron chi connectivity index (χ3n) is 4.62. The van der Waals surface area contributed by atoms with E-state index in [2.05, 4.69) is 44.2 Å². The number of aromatic amines is 1. The molecule has 0 saturated carbocycles.